The predicted octanol–water partition coefficient (Wildman–Crippen LogP) is 3.93. The number of hydrogen-bond donors (Lipinski definition) is 1. The Kier molecular flexibility index (Phi) is 4.32. The maximum absolute atomic E-state index is 12.4. The third-order valence-corrected chi connectivity index (χ3v) is 3.61. The van der Waals surface area contributed by atoms with Gasteiger partial charge < -0.3 is 10.2 Å². The lowest BCUT2D eigenvalue weighted by molar-refractivity contribution is 0.102. The lowest BCUT2D eigenvalue weighted by Crippen LogP contribution is -2.15. The van der Waals surface area contributed by atoms with Crippen molar-refractivity contribution in [1.29, 1.82) is 0 Å². The molecule has 0 spiro atoms. The van der Waals surface area contributed by atoms with Gasteiger partial charge in [0.15, 0.2) is 0 Å². The number of carbonyl (C=O) groups is 1. The van der Waals surface area contributed by atoms with E-state index in [1.807, 2.05) is 70.1 Å². The Morgan fingerprint density at radius 2 is 1.67 bits per heavy atom. The fraction of sp³-hybridized carbons (Fsp3) is 0.278. The zero-order chi connectivity index (χ0) is 15.6. The molecule has 0 saturated carbocycles. The van der Waals surface area contributed by atoms with E-state index in [2.05, 4.69) is 11.4 Å². The fourth-order valence-electron chi connectivity index (χ4n) is 2.24. The third-order valence-electron chi connectivity index (χ3n) is 3.61. The molecule has 2 aromatic carbocycles. The van der Waals surface area contributed by atoms with E-state index in [1.54, 1.807) is 0 Å². The summed E-state index contributed by atoms with van der Waals surface area (Å²) in [6.07, 6.45) is 0. The smallest absolute Gasteiger partial charge is 0.255 e. The summed E-state index contributed by atoms with van der Waals surface area (Å²) in [6, 6.07) is 11.9. The van der Waals surface area contributed by atoms with Crippen LogP contribution in [0.2, 0.25) is 0 Å². The second kappa shape index (κ2) is 6.00. The number of aryl methyl sites for hydroxylation is 3. The number of amides is 1. The van der Waals surface area contributed by atoms with Gasteiger partial charge in [0.05, 0.1) is 0 Å². The van der Waals surface area contributed by atoms with E-state index < -0.39 is 0 Å². The van der Waals surface area contributed by atoms with Crippen molar-refractivity contribution >= 4 is 17.3 Å². The molecule has 0 bridgehead atoms. The number of anilines is 2. The van der Waals surface area contributed by atoms with Crippen molar-refractivity contribution in [2.24, 2.45) is 0 Å². The molecule has 0 aliphatic rings. The number of rotatable bonds is 3. The van der Waals surface area contributed by atoms with Crippen LogP contribution in [0.3, 0.4) is 0 Å². The minimum Gasteiger partial charge on any atom is -0.378 e. The molecule has 0 unspecified atom stereocenters. The standard InChI is InChI=1S/C18H22N2O/c1-12-6-7-13(2)16(10-12)18(21)19-17-9-8-15(20(4)5)11-14(17)3/h6-11H,1-5H3,(H,19,21). The number of benzene rings is 2. The van der Waals surface area contributed by atoms with Gasteiger partial charge in [0.1, 0.15) is 0 Å². The predicted molar refractivity (Wildman–Crippen MR) is 89.4 cm³/mol. The van der Waals surface area contributed by atoms with Gasteiger partial charge in [-0.15, -0.1) is 0 Å². The molecule has 3 heteroatoms. The third kappa shape index (κ3) is 3.43. The van der Waals surface area contributed by atoms with E-state index in [0.29, 0.717) is 0 Å². The normalized spacial score (nSPS) is 10.3. The Labute approximate surface area is 126 Å². The van der Waals surface area contributed by atoms with Gasteiger partial charge in [0.25, 0.3) is 5.91 Å². The van der Waals surface area contributed by atoms with Crippen LogP contribution >= 0.6 is 0 Å². The number of nitrogens with one attached hydrogen (secondary N) is 1. The Bertz CT molecular complexity index is 675. The van der Waals surface area contributed by atoms with Gasteiger partial charge >= 0.3 is 0 Å². The highest BCUT2D eigenvalue weighted by Crippen LogP contribution is 2.22. The van der Waals surface area contributed by atoms with Gasteiger partial charge in [-0.25, -0.2) is 0 Å². The summed E-state index contributed by atoms with van der Waals surface area (Å²) in [5.41, 5.74) is 5.83. The van der Waals surface area contributed by atoms with Crippen molar-refractivity contribution in [3.05, 3.63) is 58.7 Å². The maximum atomic E-state index is 12.4. The highest BCUT2D eigenvalue weighted by Gasteiger charge is 2.11. The molecule has 1 N–H and O–H groups in total. The maximum Gasteiger partial charge on any atom is 0.255 e. The van der Waals surface area contributed by atoms with E-state index in [9.17, 15) is 4.79 Å². The van der Waals surface area contributed by atoms with Gasteiger partial charge in [-0.2, -0.15) is 0 Å². The SMILES string of the molecule is Cc1ccc(C)c(C(=O)Nc2ccc(N(C)C)cc2C)c1. The van der Waals surface area contributed by atoms with Crippen molar-refractivity contribution in [3.8, 4) is 0 Å². The lowest BCUT2D eigenvalue weighted by Gasteiger charge is -2.16. The molecule has 21 heavy (non-hydrogen) atoms. The van der Waals surface area contributed by atoms with Crippen molar-refractivity contribution in [2.45, 2.75) is 20.8 Å². The van der Waals surface area contributed by atoms with E-state index in [4.69, 9.17) is 0 Å². The zero-order valence-corrected chi connectivity index (χ0v) is 13.3. The minimum absolute atomic E-state index is 0.0584. The fourth-order valence-corrected chi connectivity index (χ4v) is 2.24. The van der Waals surface area contributed by atoms with Gasteiger partial charge in [-0.05, 0) is 56.2 Å². The van der Waals surface area contributed by atoms with Crippen LogP contribution < -0.4 is 10.2 Å². The average molecular weight is 282 g/mol. The van der Waals surface area contributed by atoms with Crippen LogP contribution in [0, 0.1) is 20.8 Å². The number of nitrogens with zero attached hydrogens (tertiary/aromatic N) is 1. The molecule has 1 amide bonds. The monoisotopic (exact) mass is 282 g/mol. The average Bonchev–Trinajstić information content (AvgIpc) is 2.43. The first-order chi connectivity index (χ1) is 9.88. The summed E-state index contributed by atoms with van der Waals surface area (Å²) in [7, 11) is 4.01. The zero-order valence-electron chi connectivity index (χ0n) is 13.3. The Hall–Kier alpha value is -2.29. The molecule has 0 aliphatic carbocycles. The molecule has 0 aromatic heterocycles. The number of carbonyl (C=O) groups excluding carboxylic acids is 1. The van der Waals surface area contributed by atoms with Crippen LogP contribution in [-0.4, -0.2) is 20.0 Å². The topological polar surface area (TPSA) is 32.3 Å². The first-order valence-corrected chi connectivity index (χ1v) is 7.05. The first-order valence-electron chi connectivity index (χ1n) is 7.05. The first kappa shape index (κ1) is 15.1. The highest BCUT2D eigenvalue weighted by molar-refractivity contribution is 6.05. The van der Waals surface area contributed by atoms with Crippen LogP contribution in [0.1, 0.15) is 27.0 Å². The molecule has 0 saturated heterocycles. The van der Waals surface area contributed by atoms with Gasteiger partial charge in [0.2, 0.25) is 0 Å². The molecule has 0 atom stereocenters. The summed E-state index contributed by atoms with van der Waals surface area (Å²) < 4.78 is 0. The summed E-state index contributed by atoms with van der Waals surface area (Å²) in [5, 5.41) is 3.00. The molecular weight excluding hydrogens is 260 g/mol. The highest BCUT2D eigenvalue weighted by atomic mass is 16.1. The summed E-state index contributed by atoms with van der Waals surface area (Å²) in [6.45, 7) is 5.95. The van der Waals surface area contributed by atoms with Crippen molar-refractivity contribution in [1.82, 2.24) is 0 Å². The second-order valence-corrected chi connectivity index (χ2v) is 5.67. The summed E-state index contributed by atoms with van der Waals surface area (Å²) >= 11 is 0. The Morgan fingerprint density at radius 3 is 2.29 bits per heavy atom. The van der Waals surface area contributed by atoms with Crippen LogP contribution in [-0.2, 0) is 0 Å². The second-order valence-electron chi connectivity index (χ2n) is 5.67. The minimum atomic E-state index is -0.0584. The van der Waals surface area contributed by atoms with Gasteiger partial charge in [-0.3, -0.25) is 4.79 Å². The van der Waals surface area contributed by atoms with E-state index in [-0.39, 0.29) is 5.91 Å². The van der Waals surface area contributed by atoms with Crippen molar-refractivity contribution in [2.75, 3.05) is 24.3 Å². The van der Waals surface area contributed by atoms with Crippen LogP contribution in [0.25, 0.3) is 0 Å². The molecular formula is C18H22N2O. The molecule has 2 rings (SSSR count). The quantitative estimate of drug-likeness (QED) is 0.925. The van der Waals surface area contributed by atoms with E-state index in [0.717, 1.165) is 33.6 Å². The Morgan fingerprint density at radius 1 is 0.952 bits per heavy atom. The van der Waals surface area contributed by atoms with Gasteiger partial charge in [-0.1, -0.05) is 17.7 Å². The molecule has 0 fully saturated rings. The van der Waals surface area contributed by atoms with E-state index in [1.165, 1.54) is 0 Å². The molecule has 0 radical (unpaired) electrons. The number of hydrogen-bond acceptors (Lipinski definition) is 2. The van der Waals surface area contributed by atoms with Gasteiger partial charge in [0, 0.05) is 31.0 Å². The molecule has 0 aliphatic heterocycles. The summed E-state index contributed by atoms with van der Waals surface area (Å²) in [5.74, 6) is -0.0584. The summed E-state index contributed by atoms with van der Waals surface area (Å²) in [4.78, 5) is 14.5. The molecule has 3 nitrogen and oxygen atoms in total. The Balaban J connectivity index is 2.25. The lowest BCUT2D eigenvalue weighted by atomic mass is 10.0. The molecule has 110 valence electrons. The van der Waals surface area contributed by atoms with Crippen LogP contribution in [0.5, 0.6) is 0 Å². The molecule has 2 aromatic rings. The molecule has 0 heterocycles. The largest absolute Gasteiger partial charge is 0.378 e. The van der Waals surface area contributed by atoms with Crippen LogP contribution in [0.4, 0.5) is 11.4 Å². The van der Waals surface area contributed by atoms with Crippen molar-refractivity contribution < 1.29 is 4.79 Å². The van der Waals surface area contributed by atoms with Crippen molar-refractivity contribution in [3.63, 3.8) is 0 Å². The van der Waals surface area contributed by atoms with E-state index >= 15 is 0 Å². The van der Waals surface area contributed by atoms with Crippen LogP contribution in [0.15, 0.2) is 36.4 Å².